The molecule has 236 valence electrons. The average Bonchev–Trinajstić information content (AvgIpc) is 3.42. The van der Waals surface area contributed by atoms with Gasteiger partial charge in [-0.25, -0.2) is 13.8 Å². The number of hydrogen-bond acceptors (Lipinski definition) is 7. The van der Waals surface area contributed by atoms with Crippen molar-refractivity contribution in [3.8, 4) is 11.4 Å². The second-order valence-electron chi connectivity index (χ2n) is 11.5. The number of benzene rings is 3. The van der Waals surface area contributed by atoms with E-state index in [-0.39, 0.29) is 41.1 Å². The van der Waals surface area contributed by atoms with Crippen LogP contribution < -0.4 is 37.5 Å². The minimum Gasteiger partial charge on any atom is -0.497 e. The molecule has 0 radical (unpaired) electrons. The number of hydrogen-bond donors (Lipinski definition) is 2. The molecule has 3 aromatic carbocycles. The molecule has 3 N–H and O–H groups in total. The van der Waals surface area contributed by atoms with Gasteiger partial charge in [0.15, 0.2) is 0 Å². The number of aryl methyl sites for hydroxylation is 2. The molecule has 0 bridgehead atoms. The van der Waals surface area contributed by atoms with Crippen LogP contribution in [0.4, 0.5) is 21.5 Å². The molecule has 0 atom stereocenters. The van der Waals surface area contributed by atoms with E-state index in [0.29, 0.717) is 29.1 Å². The smallest absolute Gasteiger partial charge is 0.337 e. The number of carbonyl (C=O) groups is 1. The largest absolute Gasteiger partial charge is 0.497 e. The molecule has 1 aliphatic heterocycles. The van der Waals surface area contributed by atoms with Crippen molar-refractivity contribution in [2.45, 2.75) is 26.8 Å². The van der Waals surface area contributed by atoms with E-state index in [9.17, 15) is 19.2 Å². The summed E-state index contributed by atoms with van der Waals surface area (Å²) >= 11 is 0. The van der Waals surface area contributed by atoms with E-state index >= 15 is 4.39 Å². The Balaban J connectivity index is 1.63. The Morgan fingerprint density at radius 2 is 1.72 bits per heavy atom. The molecule has 0 spiro atoms. The van der Waals surface area contributed by atoms with E-state index in [2.05, 4.69) is 5.32 Å². The molecule has 6 rings (SSSR count). The van der Waals surface area contributed by atoms with Gasteiger partial charge in [0.1, 0.15) is 22.6 Å². The van der Waals surface area contributed by atoms with Gasteiger partial charge < -0.3 is 20.7 Å². The second-order valence-corrected chi connectivity index (χ2v) is 11.5. The van der Waals surface area contributed by atoms with Crippen LogP contribution in [0.15, 0.2) is 75.0 Å². The monoisotopic (exact) mass is 624 g/mol. The number of carbonyl (C=O) groups excluding carboxylic acids is 1. The van der Waals surface area contributed by atoms with Gasteiger partial charge in [-0.2, -0.15) is 0 Å². The van der Waals surface area contributed by atoms with Crippen LogP contribution in [0.2, 0.25) is 0 Å². The van der Waals surface area contributed by atoms with Gasteiger partial charge in [-0.3, -0.25) is 23.5 Å². The molecule has 0 unspecified atom stereocenters. The number of nitrogens with two attached hydrogens (primary N) is 1. The molecular weight excluding hydrogens is 591 g/mol. The van der Waals surface area contributed by atoms with Crippen molar-refractivity contribution in [1.82, 2.24) is 13.7 Å². The van der Waals surface area contributed by atoms with Crippen molar-refractivity contribution < 1.29 is 13.9 Å². The summed E-state index contributed by atoms with van der Waals surface area (Å²) in [5.41, 5.74) is 7.46. The highest BCUT2D eigenvalue weighted by Crippen LogP contribution is 2.33. The standard InChI is InChI=1S/C34H33FN6O5/c1-19-5-12-26(25(35)15-19)41-31-29(33(44)40(34(41)45)17-21-6-10-24(46-4)11-7-21)30(20(2)32(43)38(31)3)37-23-9-8-22-13-14-39(18-28(36)42)27(22)16-23/h5-12,15-16,37H,13-14,17-18H2,1-4H3,(H2,36,42). The number of primary amides is 1. The Kier molecular flexibility index (Phi) is 7.72. The number of ether oxygens (including phenoxy) is 1. The lowest BCUT2D eigenvalue weighted by Gasteiger charge is -2.22. The molecule has 0 fully saturated rings. The maximum absolute atomic E-state index is 15.6. The number of halogens is 1. The van der Waals surface area contributed by atoms with Crippen LogP contribution in [0, 0.1) is 19.7 Å². The van der Waals surface area contributed by atoms with Gasteiger partial charge in [-0.15, -0.1) is 0 Å². The molecule has 3 heterocycles. The summed E-state index contributed by atoms with van der Waals surface area (Å²) in [5, 5.41) is 3.29. The fraction of sp³-hybridized carbons (Fsp3) is 0.235. The summed E-state index contributed by atoms with van der Waals surface area (Å²) in [6.45, 7) is 3.87. The molecule has 0 aliphatic carbocycles. The number of pyridine rings is 1. The van der Waals surface area contributed by atoms with Crippen LogP contribution in [0.5, 0.6) is 5.75 Å². The third-order valence-electron chi connectivity index (χ3n) is 8.42. The molecule has 0 saturated carbocycles. The quantitative estimate of drug-likeness (QED) is 0.271. The van der Waals surface area contributed by atoms with Crippen LogP contribution >= 0.6 is 0 Å². The second kappa shape index (κ2) is 11.7. The molecule has 11 nitrogen and oxygen atoms in total. The third-order valence-corrected chi connectivity index (χ3v) is 8.42. The Bertz CT molecular complexity index is 2220. The highest BCUT2D eigenvalue weighted by atomic mass is 19.1. The zero-order chi connectivity index (χ0) is 32.9. The van der Waals surface area contributed by atoms with E-state index in [1.54, 1.807) is 44.2 Å². The number of nitrogens with zero attached hydrogens (tertiary/aromatic N) is 4. The first kappa shape index (κ1) is 30.4. The maximum atomic E-state index is 15.6. The summed E-state index contributed by atoms with van der Waals surface area (Å²) in [6.07, 6.45) is 0.737. The lowest BCUT2D eigenvalue weighted by molar-refractivity contribution is -0.116. The number of methoxy groups -OCH3 is 1. The Morgan fingerprint density at radius 3 is 2.39 bits per heavy atom. The van der Waals surface area contributed by atoms with Crippen LogP contribution in [-0.4, -0.2) is 39.8 Å². The zero-order valence-electron chi connectivity index (χ0n) is 25.9. The van der Waals surface area contributed by atoms with E-state index in [4.69, 9.17) is 10.5 Å². The first-order valence-electron chi connectivity index (χ1n) is 14.7. The zero-order valence-corrected chi connectivity index (χ0v) is 25.9. The normalized spacial score (nSPS) is 12.4. The van der Waals surface area contributed by atoms with E-state index in [0.717, 1.165) is 26.8 Å². The van der Waals surface area contributed by atoms with Crippen molar-refractivity contribution >= 4 is 34.0 Å². The van der Waals surface area contributed by atoms with Crippen molar-refractivity contribution in [2.75, 3.05) is 30.4 Å². The number of aromatic nitrogens is 3. The number of amides is 1. The van der Waals surface area contributed by atoms with Gasteiger partial charge in [0, 0.05) is 30.5 Å². The third kappa shape index (κ3) is 5.21. The van der Waals surface area contributed by atoms with Crippen LogP contribution in [-0.2, 0) is 24.8 Å². The topological polar surface area (TPSA) is 134 Å². The van der Waals surface area contributed by atoms with Crippen molar-refractivity contribution in [3.05, 3.63) is 120 Å². The predicted molar refractivity (Wildman–Crippen MR) is 175 cm³/mol. The maximum Gasteiger partial charge on any atom is 0.337 e. The van der Waals surface area contributed by atoms with Crippen molar-refractivity contribution in [1.29, 1.82) is 0 Å². The fourth-order valence-electron chi connectivity index (χ4n) is 6.06. The summed E-state index contributed by atoms with van der Waals surface area (Å²) in [5.74, 6) is -0.540. The van der Waals surface area contributed by atoms with E-state index in [1.807, 2.05) is 23.1 Å². The lowest BCUT2D eigenvalue weighted by Crippen LogP contribution is -2.42. The predicted octanol–water partition coefficient (Wildman–Crippen LogP) is 3.26. The molecule has 1 amide bonds. The Morgan fingerprint density at radius 1 is 0.978 bits per heavy atom. The highest BCUT2D eigenvalue weighted by molar-refractivity contribution is 5.94. The molecule has 1 aliphatic rings. The van der Waals surface area contributed by atoms with Crippen molar-refractivity contribution in [2.24, 2.45) is 12.8 Å². The SMILES string of the molecule is COc1ccc(Cn2c(=O)c3c(Nc4ccc5c(c4)N(CC(N)=O)CC5)c(C)c(=O)n(C)c3n(-c3ccc(C)cc3F)c2=O)cc1. The number of fused-ring (bicyclic) bond motifs is 2. The molecule has 2 aromatic heterocycles. The first-order valence-corrected chi connectivity index (χ1v) is 14.7. The van der Waals surface area contributed by atoms with Gasteiger partial charge in [-0.1, -0.05) is 24.3 Å². The minimum absolute atomic E-state index is 0.0298. The fourth-order valence-corrected chi connectivity index (χ4v) is 6.06. The van der Waals surface area contributed by atoms with E-state index < -0.39 is 28.5 Å². The summed E-state index contributed by atoms with van der Waals surface area (Å²) < 4.78 is 24.2. The number of nitrogens with one attached hydrogen (secondary N) is 1. The Hall–Kier alpha value is -5.65. The minimum atomic E-state index is -0.805. The summed E-state index contributed by atoms with van der Waals surface area (Å²) in [4.78, 5) is 55.8. The van der Waals surface area contributed by atoms with Crippen LogP contribution in [0.3, 0.4) is 0 Å². The van der Waals surface area contributed by atoms with Gasteiger partial charge in [-0.05, 0) is 73.4 Å². The van der Waals surface area contributed by atoms with Gasteiger partial charge in [0.2, 0.25) is 5.91 Å². The molecule has 12 heteroatoms. The number of rotatable bonds is 8. The van der Waals surface area contributed by atoms with Crippen molar-refractivity contribution in [3.63, 3.8) is 0 Å². The van der Waals surface area contributed by atoms with Gasteiger partial charge in [0.25, 0.3) is 11.1 Å². The summed E-state index contributed by atoms with van der Waals surface area (Å²) in [6, 6.07) is 16.9. The molecular formula is C34H33FN6O5. The lowest BCUT2D eigenvalue weighted by atomic mass is 10.1. The molecule has 0 saturated heterocycles. The van der Waals surface area contributed by atoms with Gasteiger partial charge in [0.05, 0.1) is 31.6 Å². The summed E-state index contributed by atoms with van der Waals surface area (Å²) in [7, 11) is 2.99. The Labute approximate surface area is 262 Å². The average molecular weight is 625 g/mol. The molecule has 5 aromatic rings. The molecule has 46 heavy (non-hydrogen) atoms. The number of anilines is 3. The highest BCUT2D eigenvalue weighted by Gasteiger charge is 2.26. The van der Waals surface area contributed by atoms with Crippen LogP contribution in [0.1, 0.15) is 22.3 Å². The van der Waals surface area contributed by atoms with Crippen LogP contribution in [0.25, 0.3) is 16.7 Å². The van der Waals surface area contributed by atoms with Gasteiger partial charge >= 0.3 is 5.69 Å². The first-order chi connectivity index (χ1) is 22.0. The van der Waals surface area contributed by atoms with E-state index in [1.165, 1.54) is 30.9 Å².